The molecule has 4 rings (SSSR count). The fraction of sp³-hybridized carbons (Fsp3) is 0.409. The molecule has 0 atom stereocenters. The van der Waals surface area contributed by atoms with Crippen LogP contribution >= 0.6 is 22.9 Å². The van der Waals surface area contributed by atoms with Crippen LogP contribution in [0.25, 0.3) is 10.7 Å². The summed E-state index contributed by atoms with van der Waals surface area (Å²) in [6.45, 7) is 4.61. The molecule has 0 bridgehead atoms. The predicted molar refractivity (Wildman–Crippen MR) is 127 cm³/mol. The van der Waals surface area contributed by atoms with Crippen LogP contribution in [-0.4, -0.2) is 48.4 Å². The van der Waals surface area contributed by atoms with Crippen LogP contribution < -0.4 is 5.32 Å². The summed E-state index contributed by atoms with van der Waals surface area (Å²) in [7, 11) is -3.66. The number of piperidine rings is 1. The number of benzene rings is 1. The molecule has 0 spiro atoms. The number of halogens is 1. The first kappa shape index (κ1) is 23.9. The average molecular weight is 509 g/mol. The second-order valence-corrected chi connectivity index (χ2v) is 11.6. The van der Waals surface area contributed by atoms with Crippen molar-refractivity contribution >= 4 is 38.9 Å². The summed E-state index contributed by atoms with van der Waals surface area (Å²) in [5.74, 6) is 0.593. The molecule has 11 heteroatoms. The number of thiophene rings is 1. The van der Waals surface area contributed by atoms with E-state index in [9.17, 15) is 13.2 Å². The third kappa shape index (κ3) is 5.46. The molecule has 0 unspecified atom stereocenters. The monoisotopic (exact) mass is 508 g/mol. The number of nitrogens with zero attached hydrogens (tertiary/aromatic N) is 3. The summed E-state index contributed by atoms with van der Waals surface area (Å²) >= 11 is 7.22. The zero-order valence-corrected chi connectivity index (χ0v) is 20.8. The van der Waals surface area contributed by atoms with Gasteiger partial charge in [0.15, 0.2) is 0 Å². The molecular formula is C22H25ClN4O4S2. The van der Waals surface area contributed by atoms with Crippen LogP contribution in [0.3, 0.4) is 0 Å². The number of sulfonamides is 1. The van der Waals surface area contributed by atoms with Crippen molar-refractivity contribution in [1.29, 1.82) is 0 Å². The molecule has 1 N–H and O–H groups in total. The van der Waals surface area contributed by atoms with Gasteiger partial charge in [0.2, 0.25) is 27.6 Å². The molecule has 8 nitrogen and oxygen atoms in total. The van der Waals surface area contributed by atoms with Crippen LogP contribution in [0.1, 0.15) is 29.2 Å². The fourth-order valence-corrected chi connectivity index (χ4v) is 6.94. The Morgan fingerprint density at radius 3 is 2.58 bits per heavy atom. The number of rotatable bonds is 7. The Morgan fingerprint density at radius 2 is 1.94 bits per heavy atom. The van der Waals surface area contributed by atoms with Crippen molar-refractivity contribution in [2.45, 2.75) is 38.0 Å². The summed E-state index contributed by atoms with van der Waals surface area (Å²) in [6, 6.07) is 9.15. The Kier molecular flexibility index (Phi) is 7.18. The third-order valence-electron chi connectivity index (χ3n) is 5.69. The van der Waals surface area contributed by atoms with Crippen molar-refractivity contribution in [3.8, 4) is 10.7 Å². The molecule has 0 aliphatic carbocycles. The summed E-state index contributed by atoms with van der Waals surface area (Å²) in [6.07, 6.45) is 1.70. The van der Waals surface area contributed by atoms with Crippen molar-refractivity contribution in [1.82, 2.24) is 19.8 Å². The summed E-state index contributed by atoms with van der Waals surface area (Å²) in [5, 5.41) is 7.53. The Hall–Kier alpha value is -2.27. The second-order valence-electron chi connectivity index (χ2n) is 8.01. The zero-order chi connectivity index (χ0) is 23.6. The van der Waals surface area contributed by atoms with Gasteiger partial charge in [0.1, 0.15) is 0 Å². The maximum absolute atomic E-state index is 13.2. The van der Waals surface area contributed by atoms with Crippen molar-refractivity contribution in [3.05, 3.63) is 51.7 Å². The molecule has 3 aromatic rings. The van der Waals surface area contributed by atoms with Crippen LogP contribution in [0.15, 0.2) is 39.8 Å². The van der Waals surface area contributed by atoms with E-state index >= 15 is 0 Å². The van der Waals surface area contributed by atoms with Crippen LogP contribution in [0.4, 0.5) is 0 Å². The van der Waals surface area contributed by atoms with Crippen LogP contribution in [-0.2, 0) is 21.2 Å². The molecule has 1 aliphatic rings. The predicted octanol–water partition coefficient (Wildman–Crippen LogP) is 3.83. The topological polar surface area (TPSA) is 105 Å². The number of carbonyl (C=O) groups excluding carboxylic acids is 1. The zero-order valence-electron chi connectivity index (χ0n) is 18.4. The minimum Gasteiger partial charge on any atom is -0.356 e. The highest BCUT2D eigenvalue weighted by atomic mass is 35.5. The molecule has 1 aliphatic heterocycles. The van der Waals surface area contributed by atoms with E-state index in [0.29, 0.717) is 59.0 Å². The standard InChI is InChI=1S/C22H25ClN4O4S2/c1-14-20(13-19(32-14)21-25-15(2)31-26-21)33(29,30)27-11-8-17(9-12-27)22(28)24-10-7-16-3-5-18(23)6-4-16/h3-6,13,17H,7-12H2,1-2H3,(H,24,28). The summed E-state index contributed by atoms with van der Waals surface area (Å²) < 4.78 is 33.0. The normalized spacial score (nSPS) is 15.6. The highest BCUT2D eigenvalue weighted by molar-refractivity contribution is 7.89. The minimum absolute atomic E-state index is 0.0255. The molecule has 2 aromatic heterocycles. The van der Waals surface area contributed by atoms with Crippen LogP contribution in [0.2, 0.25) is 5.02 Å². The first-order valence-electron chi connectivity index (χ1n) is 10.7. The van der Waals surface area contributed by atoms with Crippen molar-refractivity contribution in [2.75, 3.05) is 19.6 Å². The van der Waals surface area contributed by atoms with E-state index in [1.54, 1.807) is 19.9 Å². The average Bonchev–Trinajstić information content (AvgIpc) is 3.41. The molecule has 3 heterocycles. The lowest BCUT2D eigenvalue weighted by Gasteiger charge is -2.30. The number of amides is 1. The van der Waals surface area contributed by atoms with Gasteiger partial charge in [0, 0.05) is 42.4 Å². The fourth-order valence-electron chi connectivity index (χ4n) is 3.85. The molecule has 176 valence electrons. The van der Waals surface area contributed by atoms with Gasteiger partial charge in [-0.05, 0) is 49.9 Å². The quantitative estimate of drug-likeness (QED) is 0.520. The number of nitrogens with one attached hydrogen (secondary N) is 1. The van der Waals surface area contributed by atoms with Gasteiger partial charge in [-0.3, -0.25) is 4.79 Å². The van der Waals surface area contributed by atoms with E-state index in [-0.39, 0.29) is 16.7 Å². The SMILES string of the molecule is Cc1nc(-c2cc(S(=O)(=O)N3CCC(C(=O)NCCc4ccc(Cl)cc4)CC3)c(C)s2)no1. The van der Waals surface area contributed by atoms with E-state index in [4.69, 9.17) is 16.1 Å². The van der Waals surface area contributed by atoms with Crippen molar-refractivity contribution < 1.29 is 17.7 Å². The number of aryl methyl sites for hydroxylation is 2. The lowest BCUT2D eigenvalue weighted by Crippen LogP contribution is -2.43. The molecule has 0 saturated carbocycles. The maximum atomic E-state index is 13.2. The molecule has 1 saturated heterocycles. The first-order valence-corrected chi connectivity index (χ1v) is 13.3. The van der Waals surface area contributed by atoms with E-state index in [1.165, 1.54) is 15.6 Å². The Morgan fingerprint density at radius 1 is 1.24 bits per heavy atom. The Balaban J connectivity index is 1.32. The van der Waals surface area contributed by atoms with Gasteiger partial charge in [-0.2, -0.15) is 9.29 Å². The van der Waals surface area contributed by atoms with E-state index in [2.05, 4.69) is 15.5 Å². The smallest absolute Gasteiger partial charge is 0.244 e. The lowest BCUT2D eigenvalue weighted by atomic mass is 9.97. The lowest BCUT2D eigenvalue weighted by molar-refractivity contribution is -0.126. The molecular weight excluding hydrogens is 484 g/mol. The van der Waals surface area contributed by atoms with E-state index in [0.717, 1.165) is 12.0 Å². The third-order valence-corrected chi connectivity index (χ3v) is 9.14. The van der Waals surface area contributed by atoms with Gasteiger partial charge in [0.05, 0.1) is 9.77 Å². The van der Waals surface area contributed by atoms with Gasteiger partial charge < -0.3 is 9.84 Å². The van der Waals surface area contributed by atoms with Crippen molar-refractivity contribution in [2.24, 2.45) is 5.92 Å². The van der Waals surface area contributed by atoms with Gasteiger partial charge >= 0.3 is 0 Å². The van der Waals surface area contributed by atoms with Gasteiger partial charge in [-0.15, -0.1) is 11.3 Å². The number of carbonyl (C=O) groups is 1. The number of aromatic nitrogens is 2. The highest BCUT2D eigenvalue weighted by Gasteiger charge is 2.34. The largest absolute Gasteiger partial charge is 0.356 e. The van der Waals surface area contributed by atoms with Gasteiger partial charge in [-0.25, -0.2) is 8.42 Å². The van der Waals surface area contributed by atoms with Crippen LogP contribution in [0.5, 0.6) is 0 Å². The Bertz CT molecular complexity index is 1230. The summed E-state index contributed by atoms with van der Waals surface area (Å²) in [5.41, 5.74) is 1.10. The highest BCUT2D eigenvalue weighted by Crippen LogP contribution is 2.34. The van der Waals surface area contributed by atoms with E-state index in [1.807, 2.05) is 24.3 Å². The molecule has 1 fully saturated rings. The van der Waals surface area contributed by atoms with Gasteiger partial charge in [0.25, 0.3) is 0 Å². The molecule has 1 aromatic carbocycles. The number of hydrogen-bond acceptors (Lipinski definition) is 7. The second kappa shape index (κ2) is 9.92. The van der Waals surface area contributed by atoms with Crippen molar-refractivity contribution in [3.63, 3.8) is 0 Å². The molecule has 1 amide bonds. The molecule has 0 radical (unpaired) electrons. The Labute approximate surface area is 202 Å². The molecule has 33 heavy (non-hydrogen) atoms. The first-order chi connectivity index (χ1) is 15.7. The maximum Gasteiger partial charge on any atom is 0.244 e. The van der Waals surface area contributed by atoms with E-state index < -0.39 is 10.0 Å². The number of hydrogen-bond donors (Lipinski definition) is 1. The summed E-state index contributed by atoms with van der Waals surface area (Å²) in [4.78, 5) is 18.3. The van der Waals surface area contributed by atoms with Gasteiger partial charge in [-0.1, -0.05) is 28.9 Å². The minimum atomic E-state index is -3.66. The van der Waals surface area contributed by atoms with Crippen LogP contribution in [0, 0.1) is 19.8 Å².